The Hall–Kier alpha value is -4.45. The monoisotopic (exact) mass is 530 g/mol. The van der Waals surface area contributed by atoms with Crippen LogP contribution in [-0.4, -0.2) is 65.5 Å². The van der Waals surface area contributed by atoms with E-state index < -0.39 is 11.6 Å². The standard InChI is InChI=1S/C28H30F2N6O.C2H2/c1-18-7-8-20(28(37)36-12-10-35(11-13-36)25-6-4-5-9-31-25)14-24(18)34(3)17-19(2)27-32-23-16-21(29)15-22(30)26(23)33-27;1-2/h4-9,14-16,19H,10-13,17H2,1-3H3,(H,32,33);1-2H. The number of nitrogens with one attached hydrogen (secondary N) is 1. The van der Waals surface area contributed by atoms with Crippen LogP contribution in [0, 0.1) is 31.4 Å². The minimum atomic E-state index is -0.680. The van der Waals surface area contributed by atoms with Crippen LogP contribution in [0.5, 0.6) is 0 Å². The lowest BCUT2D eigenvalue weighted by atomic mass is 10.1. The first-order chi connectivity index (χ1) is 18.8. The molecule has 9 heteroatoms. The molecule has 2 aromatic carbocycles. The summed E-state index contributed by atoms with van der Waals surface area (Å²) in [6, 6.07) is 13.7. The van der Waals surface area contributed by atoms with Gasteiger partial charge < -0.3 is 19.7 Å². The van der Waals surface area contributed by atoms with Crippen molar-refractivity contribution in [2.24, 2.45) is 0 Å². The minimum absolute atomic E-state index is 0.0122. The molecule has 7 nitrogen and oxygen atoms in total. The van der Waals surface area contributed by atoms with Gasteiger partial charge in [0.25, 0.3) is 5.91 Å². The number of hydrogen-bond donors (Lipinski definition) is 1. The number of likely N-dealkylation sites (N-methyl/N-ethyl adjacent to an activating group) is 1. The van der Waals surface area contributed by atoms with E-state index in [1.54, 1.807) is 6.20 Å². The summed E-state index contributed by atoms with van der Waals surface area (Å²) in [5.41, 5.74) is 3.11. The van der Waals surface area contributed by atoms with Crippen LogP contribution < -0.4 is 9.80 Å². The zero-order valence-electron chi connectivity index (χ0n) is 22.4. The van der Waals surface area contributed by atoms with Crippen molar-refractivity contribution in [2.45, 2.75) is 19.8 Å². The highest BCUT2D eigenvalue weighted by Crippen LogP contribution is 2.26. The van der Waals surface area contributed by atoms with Gasteiger partial charge >= 0.3 is 0 Å². The normalized spacial score (nSPS) is 14.0. The predicted molar refractivity (Wildman–Crippen MR) is 151 cm³/mol. The molecule has 0 radical (unpaired) electrons. The van der Waals surface area contributed by atoms with Crippen molar-refractivity contribution in [3.05, 3.63) is 83.3 Å². The van der Waals surface area contributed by atoms with E-state index in [1.807, 2.05) is 62.2 Å². The molecule has 0 saturated carbocycles. The number of benzene rings is 2. The molecule has 0 spiro atoms. The third kappa shape index (κ3) is 6.01. The number of anilines is 2. The van der Waals surface area contributed by atoms with Gasteiger partial charge in [0.05, 0.1) is 5.52 Å². The van der Waals surface area contributed by atoms with Crippen LogP contribution in [0.15, 0.2) is 54.7 Å². The van der Waals surface area contributed by atoms with E-state index in [0.717, 1.165) is 36.2 Å². The fraction of sp³-hybridized carbons (Fsp3) is 0.300. The molecule has 0 aliphatic carbocycles. The number of H-pyrrole nitrogens is 1. The maximum atomic E-state index is 14.1. The van der Waals surface area contributed by atoms with Crippen molar-refractivity contribution < 1.29 is 13.6 Å². The number of imidazole rings is 1. The minimum Gasteiger partial charge on any atom is -0.374 e. The lowest BCUT2D eigenvalue weighted by molar-refractivity contribution is 0.0746. The largest absolute Gasteiger partial charge is 0.374 e. The van der Waals surface area contributed by atoms with Crippen LogP contribution in [0.1, 0.15) is 34.6 Å². The Morgan fingerprint density at radius 2 is 1.85 bits per heavy atom. The SMILES string of the molecule is C#C.Cc1ccc(C(=O)N2CCN(c3ccccn3)CC2)cc1N(C)CC(C)c1nc2c(F)cc(F)cc2[nH]1. The Balaban J connectivity index is 0.00000172. The molecule has 5 rings (SSSR count). The number of fused-ring (bicyclic) bond motifs is 1. The van der Waals surface area contributed by atoms with Crippen molar-refractivity contribution in [2.75, 3.05) is 49.6 Å². The van der Waals surface area contributed by atoms with E-state index in [4.69, 9.17) is 0 Å². The summed E-state index contributed by atoms with van der Waals surface area (Å²) < 4.78 is 27.7. The molecule has 1 unspecified atom stereocenters. The van der Waals surface area contributed by atoms with Crippen molar-refractivity contribution in [3.8, 4) is 12.8 Å². The summed E-state index contributed by atoms with van der Waals surface area (Å²) in [6.07, 6.45) is 9.78. The number of nitrogens with zero attached hydrogens (tertiary/aromatic N) is 5. The summed E-state index contributed by atoms with van der Waals surface area (Å²) in [6.45, 7) is 7.31. The van der Waals surface area contributed by atoms with Gasteiger partial charge in [0.15, 0.2) is 5.82 Å². The van der Waals surface area contributed by atoms with Gasteiger partial charge in [0, 0.05) is 69.2 Å². The van der Waals surface area contributed by atoms with Crippen LogP contribution in [0.2, 0.25) is 0 Å². The smallest absolute Gasteiger partial charge is 0.254 e. The van der Waals surface area contributed by atoms with Crippen LogP contribution in [0.4, 0.5) is 20.3 Å². The van der Waals surface area contributed by atoms with Gasteiger partial charge in [-0.15, -0.1) is 12.8 Å². The molecule has 1 fully saturated rings. The Bertz CT molecular complexity index is 1460. The van der Waals surface area contributed by atoms with Gasteiger partial charge in [-0.1, -0.05) is 19.1 Å². The number of rotatable bonds is 6. The highest BCUT2D eigenvalue weighted by atomic mass is 19.1. The van der Waals surface area contributed by atoms with Gasteiger partial charge in [0.2, 0.25) is 0 Å². The number of piperazine rings is 1. The average Bonchev–Trinajstić information content (AvgIpc) is 3.39. The number of aromatic amines is 1. The molecular formula is C30H32F2N6O. The van der Waals surface area contributed by atoms with Crippen LogP contribution in [0.3, 0.4) is 0 Å². The molecule has 2 aromatic heterocycles. The molecule has 1 aliphatic heterocycles. The number of aromatic nitrogens is 3. The Labute approximate surface area is 227 Å². The lowest BCUT2D eigenvalue weighted by Gasteiger charge is -2.35. The molecular weight excluding hydrogens is 498 g/mol. The number of halogens is 2. The van der Waals surface area contributed by atoms with Gasteiger partial charge in [-0.25, -0.2) is 18.7 Å². The molecule has 3 heterocycles. The molecule has 39 heavy (non-hydrogen) atoms. The van der Waals surface area contributed by atoms with Crippen LogP contribution in [-0.2, 0) is 0 Å². The number of hydrogen-bond acceptors (Lipinski definition) is 5. The first-order valence-corrected chi connectivity index (χ1v) is 12.7. The maximum absolute atomic E-state index is 14.1. The molecule has 4 aromatic rings. The topological polar surface area (TPSA) is 68.4 Å². The number of carbonyl (C=O) groups is 1. The van der Waals surface area contributed by atoms with Gasteiger partial charge in [0.1, 0.15) is 23.0 Å². The highest BCUT2D eigenvalue weighted by molar-refractivity contribution is 5.95. The zero-order chi connectivity index (χ0) is 28.1. The van der Waals surface area contributed by atoms with E-state index in [1.165, 1.54) is 6.07 Å². The fourth-order valence-electron chi connectivity index (χ4n) is 4.91. The number of terminal acetylenes is 1. The lowest BCUT2D eigenvalue weighted by Crippen LogP contribution is -2.49. The van der Waals surface area contributed by atoms with Crippen molar-refractivity contribution in [3.63, 3.8) is 0 Å². The third-order valence-corrected chi connectivity index (χ3v) is 6.95. The van der Waals surface area contributed by atoms with E-state index >= 15 is 0 Å². The highest BCUT2D eigenvalue weighted by Gasteiger charge is 2.24. The molecule has 1 atom stereocenters. The van der Waals surface area contributed by atoms with Crippen LogP contribution >= 0.6 is 0 Å². The van der Waals surface area contributed by atoms with Crippen LogP contribution in [0.25, 0.3) is 11.0 Å². The molecule has 1 amide bonds. The van der Waals surface area contributed by atoms with Gasteiger partial charge in [-0.2, -0.15) is 0 Å². The molecule has 0 bridgehead atoms. The summed E-state index contributed by atoms with van der Waals surface area (Å²) in [5.74, 6) is 0.125. The molecule has 1 N–H and O–H groups in total. The second-order valence-electron chi connectivity index (χ2n) is 9.66. The first kappa shape index (κ1) is 27.6. The van der Waals surface area contributed by atoms with E-state index in [-0.39, 0.29) is 17.3 Å². The Morgan fingerprint density at radius 1 is 1.10 bits per heavy atom. The summed E-state index contributed by atoms with van der Waals surface area (Å²) in [5, 5.41) is 0. The Morgan fingerprint density at radius 3 is 2.54 bits per heavy atom. The molecule has 202 valence electrons. The van der Waals surface area contributed by atoms with Gasteiger partial charge in [-0.3, -0.25) is 4.79 Å². The van der Waals surface area contributed by atoms with E-state index in [2.05, 4.69) is 37.6 Å². The van der Waals surface area contributed by atoms with Gasteiger partial charge in [-0.05, 0) is 42.8 Å². The zero-order valence-corrected chi connectivity index (χ0v) is 22.4. The number of pyridine rings is 1. The maximum Gasteiger partial charge on any atom is 0.254 e. The quantitative estimate of drug-likeness (QED) is 0.356. The fourth-order valence-corrected chi connectivity index (χ4v) is 4.91. The van der Waals surface area contributed by atoms with E-state index in [0.29, 0.717) is 36.5 Å². The predicted octanol–water partition coefficient (Wildman–Crippen LogP) is 5.00. The second-order valence-corrected chi connectivity index (χ2v) is 9.66. The molecule has 1 saturated heterocycles. The summed E-state index contributed by atoms with van der Waals surface area (Å²) in [4.78, 5) is 31.3. The molecule has 1 aliphatic rings. The average molecular weight is 531 g/mol. The number of aryl methyl sites for hydroxylation is 1. The third-order valence-electron chi connectivity index (χ3n) is 6.95. The van der Waals surface area contributed by atoms with Crippen molar-refractivity contribution in [1.29, 1.82) is 0 Å². The Kier molecular flexibility index (Phi) is 8.45. The number of carbonyl (C=O) groups excluding carboxylic acids is 1. The summed E-state index contributed by atoms with van der Waals surface area (Å²) >= 11 is 0. The second kappa shape index (κ2) is 11.9. The summed E-state index contributed by atoms with van der Waals surface area (Å²) in [7, 11) is 1.96. The van der Waals surface area contributed by atoms with Crippen molar-refractivity contribution in [1.82, 2.24) is 19.9 Å². The number of amides is 1. The van der Waals surface area contributed by atoms with Crippen molar-refractivity contribution >= 4 is 28.4 Å². The van der Waals surface area contributed by atoms with E-state index in [9.17, 15) is 13.6 Å². The first-order valence-electron chi connectivity index (χ1n) is 12.7.